The highest BCUT2D eigenvalue weighted by Crippen LogP contribution is 2.03. The molecule has 4 nitrogen and oxygen atoms in total. The minimum atomic E-state index is 0.550. The first-order chi connectivity index (χ1) is 10.7. The minimum absolute atomic E-state index is 0.550. The van der Waals surface area contributed by atoms with Crippen LogP contribution in [-0.2, 0) is 0 Å². The van der Waals surface area contributed by atoms with Crippen molar-refractivity contribution in [3.63, 3.8) is 0 Å². The predicted molar refractivity (Wildman–Crippen MR) is 91.9 cm³/mol. The Morgan fingerprint density at radius 1 is 0.909 bits per heavy atom. The molecule has 0 aliphatic rings. The third kappa shape index (κ3) is 12.1. The number of rotatable bonds is 3. The molecule has 2 aromatic carbocycles. The number of para-hydroxylation sites is 2. The van der Waals surface area contributed by atoms with Crippen molar-refractivity contribution < 1.29 is 0 Å². The van der Waals surface area contributed by atoms with Crippen LogP contribution in [0.3, 0.4) is 0 Å². The number of nitriles is 2. The third-order valence-electron chi connectivity index (χ3n) is 2.30. The topological polar surface area (TPSA) is 85.6 Å². The molecule has 3 N–H and O–H groups in total. The number of anilines is 2. The molecule has 0 aliphatic carbocycles. The third-order valence-corrected chi connectivity index (χ3v) is 2.30. The van der Waals surface area contributed by atoms with Gasteiger partial charge in [-0.05, 0) is 24.3 Å². The molecule has 0 atom stereocenters. The van der Waals surface area contributed by atoms with Gasteiger partial charge in [-0.2, -0.15) is 10.5 Å². The monoisotopic (exact) mass is 294 g/mol. The summed E-state index contributed by atoms with van der Waals surface area (Å²) >= 11 is 0. The number of nitrogens with one attached hydrogen (secondary N) is 1. The van der Waals surface area contributed by atoms with Gasteiger partial charge in [0, 0.05) is 24.3 Å². The molecular formula is C18H22N4. The molecule has 0 heterocycles. The average Bonchev–Trinajstić information content (AvgIpc) is 2.58. The van der Waals surface area contributed by atoms with Crippen LogP contribution in [0.1, 0.15) is 19.8 Å². The maximum absolute atomic E-state index is 8.25. The minimum Gasteiger partial charge on any atom is -0.399 e. The fourth-order valence-corrected chi connectivity index (χ4v) is 1.27. The number of benzene rings is 2. The second-order valence-electron chi connectivity index (χ2n) is 4.12. The maximum atomic E-state index is 8.25. The summed E-state index contributed by atoms with van der Waals surface area (Å²) in [6, 6.07) is 23.4. The van der Waals surface area contributed by atoms with E-state index >= 15 is 0 Å². The summed E-state index contributed by atoms with van der Waals surface area (Å²) in [6.45, 7) is 2.54. The summed E-state index contributed by atoms with van der Waals surface area (Å²) in [4.78, 5) is 0. The summed E-state index contributed by atoms with van der Waals surface area (Å²) in [6.07, 6.45) is 1.18. The zero-order valence-electron chi connectivity index (χ0n) is 12.9. The van der Waals surface area contributed by atoms with Gasteiger partial charge in [0.05, 0.1) is 18.6 Å². The van der Waals surface area contributed by atoms with Gasteiger partial charge in [-0.3, -0.25) is 0 Å². The summed E-state index contributed by atoms with van der Waals surface area (Å²) in [7, 11) is 0. The average molecular weight is 294 g/mol. The van der Waals surface area contributed by atoms with E-state index in [2.05, 4.69) is 11.4 Å². The van der Waals surface area contributed by atoms with Gasteiger partial charge in [0.1, 0.15) is 0 Å². The van der Waals surface area contributed by atoms with Crippen LogP contribution in [0.5, 0.6) is 0 Å². The Balaban J connectivity index is 0.000000343. The number of nitrogens with zero attached hydrogens (tertiary/aromatic N) is 2. The van der Waals surface area contributed by atoms with Crippen LogP contribution in [0.2, 0.25) is 0 Å². The lowest BCUT2D eigenvalue weighted by Crippen LogP contribution is -1.99. The largest absolute Gasteiger partial charge is 0.399 e. The van der Waals surface area contributed by atoms with Crippen molar-refractivity contribution in [1.82, 2.24) is 0 Å². The lowest BCUT2D eigenvalue weighted by Gasteiger charge is -2.01. The first-order valence-corrected chi connectivity index (χ1v) is 7.08. The summed E-state index contributed by atoms with van der Waals surface area (Å²) in [5.41, 5.74) is 7.25. The van der Waals surface area contributed by atoms with Crippen molar-refractivity contribution >= 4 is 11.4 Å². The molecule has 0 saturated carbocycles. The van der Waals surface area contributed by atoms with E-state index in [1.54, 1.807) is 0 Å². The SMILES string of the molecule is CCC#N.N#CCCNc1ccccc1.Nc1ccccc1. The van der Waals surface area contributed by atoms with Gasteiger partial charge in [0.25, 0.3) is 0 Å². The molecule has 0 spiro atoms. The molecule has 0 unspecified atom stereocenters. The van der Waals surface area contributed by atoms with E-state index < -0.39 is 0 Å². The molecule has 2 rings (SSSR count). The highest BCUT2D eigenvalue weighted by molar-refractivity contribution is 5.42. The Morgan fingerprint density at radius 3 is 1.77 bits per heavy atom. The van der Waals surface area contributed by atoms with Gasteiger partial charge in [-0.25, -0.2) is 0 Å². The fraction of sp³-hybridized carbons (Fsp3) is 0.222. The van der Waals surface area contributed by atoms with Crippen molar-refractivity contribution in [2.24, 2.45) is 0 Å². The Labute approximate surface area is 132 Å². The maximum Gasteiger partial charge on any atom is 0.0640 e. The van der Waals surface area contributed by atoms with Crippen LogP contribution in [-0.4, -0.2) is 6.54 Å². The van der Waals surface area contributed by atoms with Crippen LogP contribution < -0.4 is 11.1 Å². The van der Waals surface area contributed by atoms with E-state index in [0.29, 0.717) is 12.8 Å². The molecule has 4 heteroatoms. The smallest absolute Gasteiger partial charge is 0.0640 e. The van der Waals surface area contributed by atoms with Crippen LogP contribution in [0, 0.1) is 22.7 Å². The van der Waals surface area contributed by atoms with Gasteiger partial charge in [0.2, 0.25) is 0 Å². The van der Waals surface area contributed by atoms with Crippen molar-refractivity contribution in [1.29, 1.82) is 10.5 Å². The van der Waals surface area contributed by atoms with E-state index in [0.717, 1.165) is 17.9 Å². The van der Waals surface area contributed by atoms with Gasteiger partial charge in [-0.1, -0.05) is 43.3 Å². The first kappa shape index (κ1) is 19.0. The van der Waals surface area contributed by atoms with Gasteiger partial charge >= 0.3 is 0 Å². The Bertz CT molecular complexity index is 553. The summed E-state index contributed by atoms with van der Waals surface area (Å²) in [5.74, 6) is 0. The molecule has 0 radical (unpaired) electrons. The number of nitrogens with two attached hydrogens (primary N) is 1. The predicted octanol–water partition coefficient (Wildman–Crippen LogP) is 4.20. The van der Waals surface area contributed by atoms with Crippen LogP contribution in [0.4, 0.5) is 11.4 Å². The van der Waals surface area contributed by atoms with Gasteiger partial charge in [0.15, 0.2) is 0 Å². The Hall–Kier alpha value is -2.98. The molecule has 0 aromatic heterocycles. The first-order valence-electron chi connectivity index (χ1n) is 7.08. The highest BCUT2D eigenvalue weighted by Gasteiger charge is 1.86. The Kier molecular flexibility index (Phi) is 12.5. The number of hydrogen-bond donors (Lipinski definition) is 2. The quantitative estimate of drug-likeness (QED) is 0.656. The number of nitrogen functional groups attached to an aromatic ring is 1. The van der Waals surface area contributed by atoms with E-state index in [1.165, 1.54) is 0 Å². The number of hydrogen-bond acceptors (Lipinski definition) is 4. The molecular weight excluding hydrogens is 272 g/mol. The molecule has 0 bridgehead atoms. The molecule has 2 aromatic rings. The zero-order valence-corrected chi connectivity index (χ0v) is 12.9. The van der Waals surface area contributed by atoms with Crippen molar-refractivity contribution in [3.05, 3.63) is 60.7 Å². The summed E-state index contributed by atoms with van der Waals surface area (Å²) < 4.78 is 0. The lowest BCUT2D eigenvalue weighted by molar-refractivity contribution is 1.08. The molecule has 22 heavy (non-hydrogen) atoms. The lowest BCUT2D eigenvalue weighted by atomic mass is 10.3. The van der Waals surface area contributed by atoms with E-state index in [4.69, 9.17) is 16.3 Å². The fourth-order valence-electron chi connectivity index (χ4n) is 1.27. The zero-order chi connectivity index (χ0) is 16.5. The summed E-state index contributed by atoms with van der Waals surface area (Å²) in [5, 5.41) is 19.0. The molecule has 114 valence electrons. The molecule has 0 fully saturated rings. The standard InChI is InChI=1S/C9H10N2.C6H7N.C3H5N/c10-7-4-8-11-9-5-2-1-3-6-9;7-6-4-2-1-3-5-6;1-2-3-4/h1-3,5-6,11H,4,8H2;1-5H,7H2;2H2,1H3. The Morgan fingerprint density at radius 2 is 1.41 bits per heavy atom. The highest BCUT2D eigenvalue weighted by atomic mass is 14.9. The molecule has 0 saturated heterocycles. The van der Waals surface area contributed by atoms with Crippen molar-refractivity contribution in [2.45, 2.75) is 19.8 Å². The van der Waals surface area contributed by atoms with E-state index in [1.807, 2.05) is 73.7 Å². The molecule has 0 aliphatic heterocycles. The van der Waals surface area contributed by atoms with Gasteiger partial charge < -0.3 is 11.1 Å². The van der Waals surface area contributed by atoms with Crippen LogP contribution >= 0.6 is 0 Å². The second kappa shape index (κ2) is 14.4. The van der Waals surface area contributed by atoms with Crippen molar-refractivity contribution in [2.75, 3.05) is 17.6 Å². The van der Waals surface area contributed by atoms with Crippen molar-refractivity contribution in [3.8, 4) is 12.1 Å². The normalized spacial score (nSPS) is 7.95. The van der Waals surface area contributed by atoms with E-state index in [-0.39, 0.29) is 0 Å². The van der Waals surface area contributed by atoms with Crippen LogP contribution in [0.15, 0.2) is 60.7 Å². The molecule has 0 amide bonds. The van der Waals surface area contributed by atoms with Gasteiger partial charge in [-0.15, -0.1) is 0 Å². The van der Waals surface area contributed by atoms with Crippen LogP contribution in [0.25, 0.3) is 0 Å². The second-order valence-corrected chi connectivity index (χ2v) is 4.12. The van der Waals surface area contributed by atoms with E-state index in [9.17, 15) is 0 Å².